The highest BCUT2D eigenvalue weighted by Crippen LogP contribution is 2.30. The molecule has 3 rings (SSSR count). The molecule has 0 aromatic heterocycles. The maximum atomic E-state index is 13.8. The van der Waals surface area contributed by atoms with E-state index in [9.17, 15) is 4.39 Å². The first-order valence-electron chi connectivity index (χ1n) is 7.42. The SMILES string of the molecule is Fc1ccccc1CN(CC1CCCCO1)C1CC1. The number of rotatable bonds is 5. The van der Waals surface area contributed by atoms with Crippen LogP contribution in [0.25, 0.3) is 0 Å². The maximum absolute atomic E-state index is 13.8. The summed E-state index contributed by atoms with van der Waals surface area (Å²) in [4.78, 5) is 2.41. The lowest BCUT2D eigenvalue weighted by Crippen LogP contribution is -2.37. The molecule has 1 aromatic carbocycles. The minimum atomic E-state index is -0.0855. The van der Waals surface area contributed by atoms with Crippen molar-refractivity contribution < 1.29 is 9.13 Å². The first kappa shape index (κ1) is 13.1. The highest BCUT2D eigenvalue weighted by atomic mass is 19.1. The Balaban J connectivity index is 1.62. The molecular formula is C16H22FNO. The van der Waals surface area contributed by atoms with Gasteiger partial charge < -0.3 is 4.74 Å². The lowest BCUT2D eigenvalue weighted by molar-refractivity contribution is -0.00896. The van der Waals surface area contributed by atoms with Gasteiger partial charge in [0.25, 0.3) is 0 Å². The van der Waals surface area contributed by atoms with Crippen molar-refractivity contribution in [2.24, 2.45) is 0 Å². The molecule has 1 saturated heterocycles. The van der Waals surface area contributed by atoms with Crippen LogP contribution in [0, 0.1) is 5.82 Å². The van der Waals surface area contributed by atoms with Gasteiger partial charge in [-0.3, -0.25) is 4.90 Å². The van der Waals surface area contributed by atoms with E-state index < -0.39 is 0 Å². The molecule has 0 spiro atoms. The molecule has 3 heteroatoms. The first-order valence-corrected chi connectivity index (χ1v) is 7.42. The Hall–Kier alpha value is -0.930. The third kappa shape index (κ3) is 3.54. The van der Waals surface area contributed by atoms with Crippen LogP contribution in [0.5, 0.6) is 0 Å². The van der Waals surface area contributed by atoms with Gasteiger partial charge in [-0.2, -0.15) is 0 Å². The molecule has 1 aliphatic heterocycles. The Labute approximate surface area is 114 Å². The monoisotopic (exact) mass is 263 g/mol. The second-order valence-electron chi connectivity index (χ2n) is 5.74. The number of halogens is 1. The smallest absolute Gasteiger partial charge is 0.127 e. The molecule has 2 fully saturated rings. The van der Waals surface area contributed by atoms with Crippen LogP contribution in [-0.4, -0.2) is 30.2 Å². The van der Waals surface area contributed by atoms with Gasteiger partial charge in [0.15, 0.2) is 0 Å². The van der Waals surface area contributed by atoms with E-state index in [1.54, 1.807) is 12.1 Å². The van der Waals surface area contributed by atoms with Crippen molar-refractivity contribution >= 4 is 0 Å². The molecular weight excluding hydrogens is 241 g/mol. The van der Waals surface area contributed by atoms with E-state index in [0.717, 1.165) is 31.7 Å². The normalized spacial score (nSPS) is 23.8. The molecule has 2 nitrogen and oxygen atoms in total. The zero-order valence-corrected chi connectivity index (χ0v) is 11.4. The summed E-state index contributed by atoms with van der Waals surface area (Å²) in [5, 5.41) is 0. The van der Waals surface area contributed by atoms with E-state index in [0.29, 0.717) is 12.1 Å². The maximum Gasteiger partial charge on any atom is 0.127 e. The van der Waals surface area contributed by atoms with E-state index in [4.69, 9.17) is 4.74 Å². The third-order valence-corrected chi connectivity index (χ3v) is 4.11. The van der Waals surface area contributed by atoms with Crippen molar-refractivity contribution in [1.29, 1.82) is 0 Å². The predicted molar refractivity (Wildman–Crippen MR) is 73.4 cm³/mol. The zero-order chi connectivity index (χ0) is 13.1. The van der Waals surface area contributed by atoms with Crippen LogP contribution in [0.4, 0.5) is 4.39 Å². The molecule has 1 atom stereocenters. The number of ether oxygens (including phenoxy) is 1. The molecule has 19 heavy (non-hydrogen) atoms. The molecule has 1 saturated carbocycles. The van der Waals surface area contributed by atoms with Crippen molar-refractivity contribution in [3.05, 3.63) is 35.6 Å². The van der Waals surface area contributed by atoms with Crippen LogP contribution >= 0.6 is 0 Å². The van der Waals surface area contributed by atoms with Crippen molar-refractivity contribution in [1.82, 2.24) is 4.90 Å². The van der Waals surface area contributed by atoms with Crippen LogP contribution in [-0.2, 0) is 11.3 Å². The highest BCUT2D eigenvalue weighted by Gasteiger charge is 2.31. The largest absolute Gasteiger partial charge is 0.377 e. The van der Waals surface area contributed by atoms with Crippen molar-refractivity contribution in [2.75, 3.05) is 13.2 Å². The number of hydrogen-bond donors (Lipinski definition) is 0. The Kier molecular flexibility index (Phi) is 4.14. The molecule has 1 heterocycles. The molecule has 1 aliphatic carbocycles. The van der Waals surface area contributed by atoms with Crippen LogP contribution in [0.1, 0.15) is 37.7 Å². The van der Waals surface area contributed by atoms with Crippen molar-refractivity contribution in [2.45, 2.75) is 50.8 Å². The first-order chi connectivity index (χ1) is 9.33. The Bertz CT molecular complexity index is 413. The molecule has 0 amide bonds. The van der Waals surface area contributed by atoms with Gasteiger partial charge in [-0.05, 0) is 38.2 Å². The average Bonchev–Trinajstić information content (AvgIpc) is 3.26. The molecule has 104 valence electrons. The van der Waals surface area contributed by atoms with Gasteiger partial charge >= 0.3 is 0 Å². The Morgan fingerprint density at radius 1 is 1.16 bits per heavy atom. The molecule has 0 N–H and O–H groups in total. The lowest BCUT2D eigenvalue weighted by Gasteiger charge is -2.30. The average molecular weight is 263 g/mol. The summed E-state index contributed by atoms with van der Waals surface area (Å²) in [6.07, 6.45) is 6.46. The van der Waals surface area contributed by atoms with Gasteiger partial charge in [-0.1, -0.05) is 18.2 Å². The van der Waals surface area contributed by atoms with Gasteiger partial charge in [0.05, 0.1) is 6.10 Å². The second kappa shape index (κ2) is 6.02. The summed E-state index contributed by atoms with van der Waals surface area (Å²) in [6, 6.07) is 7.76. The fourth-order valence-corrected chi connectivity index (χ4v) is 2.84. The predicted octanol–water partition coefficient (Wildman–Crippen LogP) is 3.36. The molecule has 0 radical (unpaired) electrons. The fourth-order valence-electron chi connectivity index (χ4n) is 2.84. The van der Waals surface area contributed by atoms with Gasteiger partial charge in [0, 0.05) is 31.3 Å². The van der Waals surface area contributed by atoms with Crippen LogP contribution < -0.4 is 0 Å². The van der Waals surface area contributed by atoms with E-state index in [-0.39, 0.29) is 5.82 Å². The summed E-state index contributed by atoms with van der Waals surface area (Å²) in [5.74, 6) is -0.0855. The Morgan fingerprint density at radius 3 is 2.68 bits per heavy atom. The molecule has 2 aliphatic rings. The summed E-state index contributed by atoms with van der Waals surface area (Å²) < 4.78 is 19.6. The minimum absolute atomic E-state index is 0.0855. The van der Waals surface area contributed by atoms with Gasteiger partial charge in [0.2, 0.25) is 0 Å². The number of hydrogen-bond acceptors (Lipinski definition) is 2. The number of benzene rings is 1. The molecule has 1 aromatic rings. The van der Waals surface area contributed by atoms with Crippen LogP contribution in [0.15, 0.2) is 24.3 Å². The van der Waals surface area contributed by atoms with Crippen LogP contribution in [0.3, 0.4) is 0 Å². The third-order valence-electron chi connectivity index (χ3n) is 4.11. The van der Waals surface area contributed by atoms with Gasteiger partial charge in [-0.25, -0.2) is 4.39 Å². The van der Waals surface area contributed by atoms with E-state index in [2.05, 4.69) is 4.90 Å². The molecule has 1 unspecified atom stereocenters. The highest BCUT2D eigenvalue weighted by molar-refractivity contribution is 5.17. The van der Waals surface area contributed by atoms with Gasteiger partial charge in [-0.15, -0.1) is 0 Å². The van der Waals surface area contributed by atoms with Crippen molar-refractivity contribution in [3.63, 3.8) is 0 Å². The molecule has 0 bridgehead atoms. The van der Waals surface area contributed by atoms with Crippen molar-refractivity contribution in [3.8, 4) is 0 Å². The number of nitrogens with zero attached hydrogens (tertiary/aromatic N) is 1. The minimum Gasteiger partial charge on any atom is -0.377 e. The van der Waals surface area contributed by atoms with Crippen LogP contribution in [0.2, 0.25) is 0 Å². The summed E-state index contributed by atoms with van der Waals surface area (Å²) >= 11 is 0. The lowest BCUT2D eigenvalue weighted by atomic mass is 10.1. The summed E-state index contributed by atoms with van der Waals surface area (Å²) in [5.41, 5.74) is 0.810. The quantitative estimate of drug-likeness (QED) is 0.807. The second-order valence-corrected chi connectivity index (χ2v) is 5.74. The fraction of sp³-hybridized carbons (Fsp3) is 0.625. The standard InChI is InChI=1S/C16H22FNO/c17-16-7-2-1-5-13(16)11-18(14-8-9-14)12-15-6-3-4-10-19-15/h1-2,5,7,14-15H,3-4,6,8-12H2. The topological polar surface area (TPSA) is 12.5 Å². The van der Waals surface area contributed by atoms with Gasteiger partial charge in [0.1, 0.15) is 5.82 Å². The zero-order valence-electron chi connectivity index (χ0n) is 11.4. The van der Waals surface area contributed by atoms with E-state index >= 15 is 0 Å². The van der Waals surface area contributed by atoms with E-state index in [1.165, 1.54) is 25.7 Å². The summed E-state index contributed by atoms with van der Waals surface area (Å²) in [6.45, 7) is 2.57. The Morgan fingerprint density at radius 2 is 2.00 bits per heavy atom. The van der Waals surface area contributed by atoms with E-state index in [1.807, 2.05) is 12.1 Å². The summed E-state index contributed by atoms with van der Waals surface area (Å²) in [7, 11) is 0.